The highest BCUT2D eigenvalue weighted by molar-refractivity contribution is 6.30. The van der Waals surface area contributed by atoms with Crippen LogP contribution in [0.4, 0.5) is 10.1 Å². The summed E-state index contributed by atoms with van der Waals surface area (Å²) in [6.07, 6.45) is 1.81. The number of carbonyl (C=O) groups is 3. The highest BCUT2D eigenvalue weighted by atomic mass is 35.5. The monoisotopic (exact) mass is 475 g/mol. The summed E-state index contributed by atoms with van der Waals surface area (Å²) in [7, 11) is 1.42. The lowest BCUT2D eigenvalue weighted by Crippen LogP contribution is -2.84. The van der Waals surface area contributed by atoms with Gasteiger partial charge in [0.1, 0.15) is 18.2 Å². The van der Waals surface area contributed by atoms with Gasteiger partial charge >= 0.3 is 0 Å². The van der Waals surface area contributed by atoms with E-state index in [1.165, 1.54) is 19.2 Å². The Morgan fingerprint density at radius 2 is 1.70 bits per heavy atom. The van der Waals surface area contributed by atoms with Crippen LogP contribution in [0.25, 0.3) is 0 Å². The number of amides is 3. The van der Waals surface area contributed by atoms with Gasteiger partial charge in [-0.15, -0.1) is 0 Å². The third-order valence-electron chi connectivity index (χ3n) is 5.80. The standard InChI is InChI=1S/C23H23ClFN3O5/c1-32-9-19(29)26-18-5-3-2-4-15(18)21(31)28-23-11-22(12-23,13-23)27-20(30)10-33-14-6-7-16(24)17(25)8-14/h2-8H,9-13H2,1H3,(H,26,29)(H,27,30)(H,28,31). The van der Waals surface area contributed by atoms with Crippen LogP contribution in [-0.4, -0.2) is 49.1 Å². The summed E-state index contributed by atoms with van der Waals surface area (Å²) in [5.74, 6) is -1.38. The Labute approximate surface area is 194 Å². The molecule has 0 aromatic heterocycles. The van der Waals surface area contributed by atoms with E-state index in [-0.39, 0.29) is 52.8 Å². The quantitative estimate of drug-likeness (QED) is 0.517. The molecule has 0 radical (unpaired) electrons. The van der Waals surface area contributed by atoms with E-state index >= 15 is 0 Å². The van der Waals surface area contributed by atoms with Gasteiger partial charge in [0.05, 0.1) is 16.3 Å². The molecular weight excluding hydrogens is 453 g/mol. The van der Waals surface area contributed by atoms with Gasteiger partial charge in [0.2, 0.25) is 5.91 Å². The van der Waals surface area contributed by atoms with Crippen molar-refractivity contribution >= 4 is 35.0 Å². The maximum Gasteiger partial charge on any atom is 0.258 e. The highest BCUT2D eigenvalue weighted by Crippen LogP contribution is 2.60. The van der Waals surface area contributed by atoms with E-state index in [4.69, 9.17) is 21.1 Å². The minimum absolute atomic E-state index is 0.0204. The van der Waals surface area contributed by atoms with Crippen LogP contribution in [0.5, 0.6) is 5.75 Å². The van der Waals surface area contributed by atoms with Crippen LogP contribution >= 0.6 is 11.6 Å². The zero-order valence-electron chi connectivity index (χ0n) is 17.9. The Hall–Kier alpha value is -3.17. The third kappa shape index (κ3) is 4.94. The van der Waals surface area contributed by atoms with Crippen molar-refractivity contribution in [3.8, 4) is 5.75 Å². The first-order chi connectivity index (χ1) is 15.7. The van der Waals surface area contributed by atoms with Crippen LogP contribution in [0.1, 0.15) is 29.6 Å². The van der Waals surface area contributed by atoms with Crippen LogP contribution in [0.15, 0.2) is 42.5 Å². The zero-order chi connectivity index (χ0) is 23.6. The van der Waals surface area contributed by atoms with E-state index in [1.54, 1.807) is 24.3 Å². The second-order valence-electron chi connectivity index (χ2n) is 8.48. The van der Waals surface area contributed by atoms with Crippen molar-refractivity contribution in [1.29, 1.82) is 0 Å². The molecule has 3 saturated carbocycles. The summed E-state index contributed by atoms with van der Waals surface area (Å²) in [6, 6.07) is 10.7. The second-order valence-corrected chi connectivity index (χ2v) is 8.89. The van der Waals surface area contributed by atoms with Crippen molar-refractivity contribution in [2.24, 2.45) is 0 Å². The Morgan fingerprint density at radius 3 is 2.39 bits per heavy atom. The lowest BCUT2D eigenvalue weighted by atomic mass is 9.44. The molecular formula is C23H23ClFN3O5. The summed E-state index contributed by atoms with van der Waals surface area (Å²) in [4.78, 5) is 36.9. The molecule has 2 aromatic rings. The first-order valence-corrected chi connectivity index (χ1v) is 10.7. The van der Waals surface area contributed by atoms with E-state index in [0.717, 1.165) is 6.07 Å². The smallest absolute Gasteiger partial charge is 0.258 e. The predicted molar refractivity (Wildman–Crippen MR) is 119 cm³/mol. The molecule has 0 saturated heterocycles. The van der Waals surface area contributed by atoms with E-state index in [1.807, 2.05) is 0 Å². The minimum Gasteiger partial charge on any atom is -0.484 e. The van der Waals surface area contributed by atoms with Gasteiger partial charge in [-0.3, -0.25) is 14.4 Å². The summed E-state index contributed by atoms with van der Waals surface area (Å²) in [5, 5.41) is 8.62. The topological polar surface area (TPSA) is 106 Å². The number of methoxy groups -OCH3 is 1. The summed E-state index contributed by atoms with van der Waals surface area (Å²) in [6.45, 7) is -0.366. The Balaban J connectivity index is 1.26. The maximum atomic E-state index is 13.5. The van der Waals surface area contributed by atoms with Crippen molar-refractivity contribution in [2.45, 2.75) is 30.3 Å². The number of halogens is 2. The van der Waals surface area contributed by atoms with Gasteiger partial charge in [0, 0.05) is 24.3 Å². The lowest BCUT2D eigenvalue weighted by molar-refractivity contribution is -0.141. The van der Waals surface area contributed by atoms with Crippen LogP contribution in [-0.2, 0) is 14.3 Å². The molecule has 33 heavy (non-hydrogen) atoms. The van der Waals surface area contributed by atoms with Crippen molar-refractivity contribution < 1.29 is 28.2 Å². The van der Waals surface area contributed by atoms with Gasteiger partial charge in [-0.25, -0.2) is 4.39 Å². The van der Waals surface area contributed by atoms with E-state index < -0.39 is 5.82 Å². The molecule has 3 amide bonds. The van der Waals surface area contributed by atoms with Gasteiger partial charge < -0.3 is 25.4 Å². The fraction of sp³-hybridized carbons (Fsp3) is 0.348. The summed E-state index contributed by atoms with van der Waals surface area (Å²) < 4.78 is 23.6. The average molecular weight is 476 g/mol. The fourth-order valence-electron chi connectivity index (χ4n) is 4.52. The minimum atomic E-state index is -0.619. The molecule has 0 unspecified atom stereocenters. The summed E-state index contributed by atoms with van der Waals surface area (Å²) in [5.41, 5.74) is 0.00936. The molecule has 10 heteroatoms. The van der Waals surface area contributed by atoms with Crippen LogP contribution < -0.4 is 20.7 Å². The molecule has 2 bridgehead atoms. The van der Waals surface area contributed by atoms with Crippen LogP contribution in [0, 0.1) is 5.82 Å². The van der Waals surface area contributed by atoms with Gasteiger partial charge in [0.25, 0.3) is 11.8 Å². The molecule has 0 aliphatic heterocycles. The maximum absolute atomic E-state index is 13.5. The molecule has 5 rings (SSSR count). The number of anilines is 1. The molecule has 8 nitrogen and oxygen atoms in total. The molecule has 0 spiro atoms. The Kier molecular flexibility index (Phi) is 6.27. The molecule has 3 aliphatic rings. The SMILES string of the molecule is COCC(=O)Nc1ccccc1C(=O)NC12CC(NC(=O)COc3ccc(Cl)c(F)c3)(C1)C2. The van der Waals surface area contributed by atoms with Crippen molar-refractivity contribution in [3.63, 3.8) is 0 Å². The largest absolute Gasteiger partial charge is 0.484 e. The molecule has 3 fully saturated rings. The molecule has 3 N–H and O–H groups in total. The van der Waals surface area contributed by atoms with E-state index in [0.29, 0.717) is 30.5 Å². The highest BCUT2D eigenvalue weighted by Gasteiger charge is 2.69. The number of ether oxygens (including phenoxy) is 2. The average Bonchev–Trinajstić information content (AvgIpc) is 2.72. The van der Waals surface area contributed by atoms with Gasteiger partial charge in [0.15, 0.2) is 6.61 Å². The molecule has 2 aromatic carbocycles. The number of hydrogen-bond donors (Lipinski definition) is 3. The van der Waals surface area contributed by atoms with Crippen molar-refractivity contribution in [2.75, 3.05) is 25.6 Å². The van der Waals surface area contributed by atoms with E-state index in [2.05, 4.69) is 16.0 Å². The first kappa shape index (κ1) is 23.0. The Morgan fingerprint density at radius 1 is 1.00 bits per heavy atom. The predicted octanol–water partition coefficient (Wildman–Crippen LogP) is 2.66. The molecule has 0 heterocycles. The third-order valence-corrected chi connectivity index (χ3v) is 6.10. The number of hydrogen-bond acceptors (Lipinski definition) is 5. The summed E-state index contributed by atoms with van der Waals surface area (Å²) >= 11 is 5.63. The van der Waals surface area contributed by atoms with E-state index in [9.17, 15) is 18.8 Å². The normalized spacial score (nSPS) is 22.4. The number of benzene rings is 2. The lowest BCUT2D eigenvalue weighted by Gasteiger charge is -2.70. The van der Waals surface area contributed by atoms with Crippen molar-refractivity contribution in [1.82, 2.24) is 10.6 Å². The molecule has 3 aliphatic carbocycles. The van der Waals surface area contributed by atoms with Crippen LogP contribution in [0.3, 0.4) is 0 Å². The molecule has 174 valence electrons. The zero-order valence-corrected chi connectivity index (χ0v) is 18.6. The second kappa shape index (κ2) is 8.99. The molecule has 0 atom stereocenters. The van der Waals surface area contributed by atoms with Gasteiger partial charge in [-0.05, 0) is 43.5 Å². The number of carbonyl (C=O) groups excluding carboxylic acids is 3. The van der Waals surface area contributed by atoms with Crippen LogP contribution in [0.2, 0.25) is 5.02 Å². The van der Waals surface area contributed by atoms with Crippen molar-refractivity contribution in [3.05, 3.63) is 58.9 Å². The van der Waals surface area contributed by atoms with Gasteiger partial charge in [-0.1, -0.05) is 23.7 Å². The number of para-hydroxylation sites is 1. The number of rotatable bonds is 9. The Bertz CT molecular complexity index is 1090. The first-order valence-electron chi connectivity index (χ1n) is 10.3. The fourth-order valence-corrected chi connectivity index (χ4v) is 4.63. The van der Waals surface area contributed by atoms with Gasteiger partial charge in [-0.2, -0.15) is 0 Å². The number of nitrogens with one attached hydrogen (secondary N) is 3.